The summed E-state index contributed by atoms with van der Waals surface area (Å²) < 4.78 is 0. The van der Waals surface area contributed by atoms with Gasteiger partial charge in [0.2, 0.25) is 5.91 Å². The molecule has 2 fully saturated rings. The Hall–Kier alpha value is -0.610. The van der Waals surface area contributed by atoms with Gasteiger partial charge in [0.1, 0.15) is 0 Å². The van der Waals surface area contributed by atoms with E-state index in [-0.39, 0.29) is 0 Å². The van der Waals surface area contributed by atoms with Crippen LogP contribution in [0.3, 0.4) is 0 Å². The van der Waals surface area contributed by atoms with Crippen molar-refractivity contribution in [3.05, 3.63) is 0 Å². The van der Waals surface area contributed by atoms with Crippen LogP contribution < -0.4 is 5.32 Å². The van der Waals surface area contributed by atoms with Gasteiger partial charge in [-0.25, -0.2) is 0 Å². The largest absolute Gasteiger partial charge is 0.340 e. The third-order valence-electron chi connectivity index (χ3n) is 4.04. The Labute approximate surface area is 104 Å². The van der Waals surface area contributed by atoms with Gasteiger partial charge in [-0.15, -0.1) is 0 Å². The van der Waals surface area contributed by atoms with Crippen molar-refractivity contribution in [2.45, 2.75) is 38.6 Å². The Morgan fingerprint density at radius 3 is 2.71 bits per heavy atom. The van der Waals surface area contributed by atoms with Crippen molar-refractivity contribution in [1.82, 2.24) is 15.1 Å². The first-order valence-corrected chi connectivity index (χ1v) is 7.04. The first-order chi connectivity index (χ1) is 8.31. The third kappa shape index (κ3) is 3.42. The molecule has 2 aliphatic rings. The van der Waals surface area contributed by atoms with Crippen LogP contribution in [0.15, 0.2) is 0 Å². The van der Waals surface area contributed by atoms with Crippen LogP contribution in [0.5, 0.6) is 0 Å². The summed E-state index contributed by atoms with van der Waals surface area (Å²) in [6, 6.07) is 0.496. The van der Waals surface area contributed by atoms with Gasteiger partial charge in [-0.1, -0.05) is 13.3 Å². The molecule has 2 rings (SSSR count). The predicted octanol–water partition coefficient (Wildman–Crippen LogP) is 0.683. The highest BCUT2D eigenvalue weighted by molar-refractivity contribution is 5.77. The molecule has 0 spiro atoms. The molecule has 2 aliphatic heterocycles. The van der Waals surface area contributed by atoms with Crippen LogP contribution in [0.2, 0.25) is 0 Å². The third-order valence-corrected chi connectivity index (χ3v) is 4.04. The van der Waals surface area contributed by atoms with Crippen molar-refractivity contribution >= 4 is 5.91 Å². The molecule has 0 aromatic rings. The zero-order valence-corrected chi connectivity index (χ0v) is 11.0. The van der Waals surface area contributed by atoms with E-state index in [9.17, 15) is 4.79 Å². The first kappa shape index (κ1) is 12.8. The number of carbonyl (C=O) groups is 1. The minimum Gasteiger partial charge on any atom is -0.340 e. The van der Waals surface area contributed by atoms with E-state index in [1.807, 2.05) is 4.90 Å². The normalized spacial score (nSPS) is 27.1. The molecule has 0 bridgehead atoms. The van der Waals surface area contributed by atoms with Crippen molar-refractivity contribution in [2.24, 2.45) is 0 Å². The summed E-state index contributed by atoms with van der Waals surface area (Å²) in [6.07, 6.45) is 4.52. The molecular formula is C13H25N3O. The van der Waals surface area contributed by atoms with Crippen LogP contribution in [0.25, 0.3) is 0 Å². The monoisotopic (exact) mass is 239 g/mol. The molecule has 98 valence electrons. The van der Waals surface area contributed by atoms with Gasteiger partial charge in [0.05, 0.1) is 0 Å². The summed E-state index contributed by atoms with van der Waals surface area (Å²) in [4.78, 5) is 16.7. The van der Waals surface area contributed by atoms with E-state index in [4.69, 9.17) is 0 Å². The van der Waals surface area contributed by atoms with Gasteiger partial charge in [-0.3, -0.25) is 4.79 Å². The lowest BCUT2D eigenvalue weighted by molar-refractivity contribution is -0.133. The lowest BCUT2D eigenvalue weighted by Crippen LogP contribution is -2.49. The molecule has 1 N–H and O–H groups in total. The lowest BCUT2D eigenvalue weighted by Gasteiger charge is -2.36. The van der Waals surface area contributed by atoms with Crippen molar-refractivity contribution in [3.63, 3.8) is 0 Å². The summed E-state index contributed by atoms with van der Waals surface area (Å²) >= 11 is 0. The smallest absolute Gasteiger partial charge is 0.224 e. The molecule has 0 saturated carbocycles. The van der Waals surface area contributed by atoms with Crippen LogP contribution in [0, 0.1) is 0 Å². The summed E-state index contributed by atoms with van der Waals surface area (Å²) in [5.74, 6) is 0.358. The van der Waals surface area contributed by atoms with Gasteiger partial charge in [0.25, 0.3) is 0 Å². The van der Waals surface area contributed by atoms with E-state index < -0.39 is 0 Å². The van der Waals surface area contributed by atoms with Crippen LogP contribution in [0.4, 0.5) is 0 Å². The second kappa shape index (κ2) is 6.36. The van der Waals surface area contributed by atoms with Gasteiger partial charge in [-0.05, 0) is 25.9 Å². The zero-order valence-electron chi connectivity index (χ0n) is 11.0. The first-order valence-electron chi connectivity index (χ1n) is 7.04. The topological polar surface area (TPSA) is 35.6 Å². The van der Waals surface area contributed by atoms with Gasteiger partial charge >= 0.3 is 0 Å². The van der Waals surface area contributed by atoms with Crippen molar-refractivity contribution < 1.29 is 4.79 Å². The number of hydrogen-bond donors (Lipinski definition) is 1. The minimum atomic E-state index is 0.358. The standard InChI is InChI=1S/C13H25N3O/c1-2-15-8-4-3-5-12(15)11-13(17)16-9-6-14-7-10-16/h12,14H,2-11H2,1H3. The molecule has 0 radical (unpaired) electrons. The Morgan fingerprint density at radius 1 is 1.24 bits per heavy atom. The van der Waals surface area contributed by atoms with E-state index in [1.54, 1.807) is 0 Å². The van der Waals surface area contributed by atoms with Gasteiger partial charge in [0.15, 0.2) is 0 Å². The molecular weight excluding hydrogens is 214 g/mol. The minimum absolute atomic E-state index is 0.358. The number of piperidine rings is 1. The molecule has 1 amide bonds. The van der Waals surface area contributed by atoms with Gasteiger partial charge in [0, 0.05) is 38.6 Å². The Balaban J connectivity index is 1.83. The van der Waals surface area contributed by atoms with Crippen LogP contribution in [0.1, 0.15) is 32.6 Å². The number of rotatable bonds is 3. The summed E-state index contributed by atoms with van der Waals surface area (Å²) in [6.45, 7) is 8.14. The average Bonchev–Trinajstić information content (AvgIpc) is 2.40. The maximum absolute atomic E-state index is 12.2. The molecule has 0 aromatic carbocycles. The number of nitrogens with one attached hydrogen (secondary N) is 1. The number of hydrogen-bond acceptors (Lipinski definition) is 3. The fourth-order valence-electron chi connectivity index (χ4n) is 2.95. The Kier molecular flexibility index (Phi) is 4.80. The van der Waals surface area contributed by atoms with Crippen molar-refractivity contribution in [3.8, 4) is 0 Å². The molecule has 4 nitrogen and oxygen atoms in total. The summed E-state index contributed by atoms with van der Waals surface area (Å²) in [5, 5.41) is 3.29. The van der Waals surface area contributed by atoms with E-state index in [2.05, 4.69) is 17.1 Å². The summed E-state index contributed by atoms with van der Waals surface area (Å²) in [5.41, 5.74) is 0. The quantitative estimate of drug-likeness (QED) is 0.787. The number of nitrogens with zero attached hydrogens (tertiary/aromatic N) is 2. The zero-order chi connectivity index (χ0) is 12.1. The summed E-state index contributed by atoms with van der Waals surface area (Å²) in [7, 11) is 0. The van der Waals surface area contributed by atoms with Crippen molar-refractivity contribution in [1.29, 1.82) is 0 Å². The molecule has 2 saturated heterocycles. The highest BCUT2D eigenvalue weighted by atomic mass is 16.2. The fraction of sp³-hybridized carbons (Fsp3) is 0.923. The molecule has 1 atom stereocenters. The van der Waals surface area contributed by atoms with Crippen LogP contribution in [-0.4, -0.2) is 61.0 Å². The van der Waals surface area contributed by atoms with Crippen molar-refractivity contribution in [2.75, 3.05) is 39.3 Å². The Morgan fingerprint density at radius 2 is 2.00 bits per heavy atom. The fourth-order valence-corrected chi connectivity index (χ4v) is 2.95. The number of carbonyl (C=O) groups excluding carboxylic acids is 1. The van der Waals surface area contributed by atoms with E-state index in [1.165, 1.54) is 25.8 Å². The second-order valence-electron chi connectivity index (χ2n) is 5.11. The lowest BCUT2D eigenvalue weighted by atomic mass is 9.99. The number of piperazine rings is 1. The van der Waals surface area contributed by atoms with E-state index in [0.717, 1.165) is 39.1 Å². The van der Waals surface area contributed by atoms with Gasteiger partial charge in [-0.2, -0.15) is 0 Å². The second-order valence-corrected chi connectivity index (χ2v) is 5.11. The maximum atomic E-state index is 12.2. The molecule has 0 aromatic heterocycles. The maximum Gasteiger partial charge on any atom is 0.224 e. The van der Waals surface area contributed by atoms with Gasteiger partial charge < -0.3 is 15.1 Å². The highest BCUT2D eigenvalue weighted by Gasteiger charge is 2.26. The highest BCUT2D eigenvalue weighted by Crippen LogP contribution is 2.20. The van der Waals surface area contributed by atoms with E-state index in [0.29, 0.717) is 11.9 Å². The van der Waals surface area contributed by atoms with E-state index >= 15 is 0 Å². The predicted molar refractivity (Wildman–Crippen MR) is 69.0 cm³/mol. The van der Waals surface area contributed by atoms with Crippen LogP contribution in [-0.2, 0) is 4.79 Å². The molecule has 17 heavy (non-hydrogen) atoms. The molecule has 1 unspecified atom stereocenters. The molecule has 0 aliphatic carbocycles. The number of amides is 1. The molecule has 2 heterocycles. The average molecular weight is 239 g/mol. The Bertz CT molecular complexity index is 251. The SMILES string of the molecule is CCN1CCCCC1CC(=O)N1CCNCC1. The number of likely N-dealkylation sites (tertiary alicyclic amines) is 1. The molecule has 4 heteroatoms. The van der Waals surface area contributed by atoms with Crippen LogP contribution >= 0.6 is 0 Å².